The Bertz CT molecular complexity index is 1700. The highest BCUT2D eigenvalue weighted by molar-refractivity contribution is 6.00. The molecule has 2 aromatic heterocycles. The minimum absolute atomic E-state index is 0.00319. The largest absolute Gasteiger partial charge is 0.458 e. The van der Waals surface area contributed by atoms with Gasteiger partial charge in [0.25, 0.3) is 0 Å². The smallest absolute Gasteiger partial charge is 0.410 e. The Kier molecular flexibility index (Phi) is 15.7. The number of Topliss-reactive ketones (excluding diaryl/α,β-unsaturated/α-hetero) is 1. The van der Waals surface area contributed by atoms with Crippen molar-refractivity contribution in [3.05, 3.63) is 30.6 Å². The number of pyridine rings is 1. The molecule has 1 amide bonds. The summed E-state index contributed by atoms with van der Waals surface area (Å²) in [6.07, 6.45) is 3.00. The number of ketones is 1. The highest BCUT2D eigenvalue weighted by Gasteiger charge is 2.58. The number of nitrogens with one attached hydrogen (secondary N) is 1. The normalized spacial score (nSPS) is 36.5. The lowest BCUT2D eigenvalue weighted by atomic mass is 9.78. The fourth-order valence-electron chi connectivity index (χ4n) is 9.43. The number of cyclic esters (lactones) is 1. The fraction of sp³-hybridized carbons (Fsp3) is 0.767. The molecule has 0 radical (unpaired) electrons. The van der Waals surface area contributed by atoms with Gasteiger partial charge in [0.05, 0.1) is 35.7 Å². The quantitative estimate of drug-likeness (QED) is 0.174. The van der Waals surface area contributed by atoms with Gasteiger partial charge in [-0.25, -0.2) is 4.79 Å². The van der Waals surface area contributed by atoms with E-state index in [1.54, 1.807) is 32.1 Å². The molecule has 2 aromatic rings. The number of hydrogen-bond donors (Lipinski definition) is 2. The van der Waals surface area contributed by atoms with Gasteiger partial charge in [-0.3, -0.25) is 24.2 Å². The van der Waals surface area contributed by atoms with Crippen molar-refractivity contribution in [1.82, 2.24) is 35.1 Å². The summed E-state index contributed by atoms with van der Waals surface area (Å²) in [7, 11) is 5.40. The van der Waals surface area contributed by atoms with Crippen LogP contribution in [0.25, 0.3) is 11.4 Å². The van der Waals surface area contributed by atoms with E-state index in [1.165, 1.54) is 0 Å². The van der Waals surface area contributed by atoms with Crippen molar-refractivity contribution in [2.45, 2.75) is 160 Å². The molecule has 0 aromatic carbocycles. The number of methoxy groups -OCH3 is 1. The molecule has 330 valence electrons. The van der Waals surface area contributed by atoms with E-state index < -0.39 is 65.7 Å². The average Bonchev–Trinajstić information content (AvgIpc) is 3.79. The van der Waals surface area contributed by atoms with Gasteiger partial charge in [0, 0.05) is 44.4 Å². The van der Waals surface area contributed by atoms with Crippen LogP contribution in [0.4, 0.5) is 4.79 Å². The first-order valence-corrected chi connectivity index (χ1v) is 21.4. The van der Waals surface area contributed by atoms with Crippen LogP contribution in [-0.2, 0) is 39.8 Å². The summed E-state index contributed by atoms with van der Waals surface area (Å²) in [5.74, 6) is -3.13. The lowest BCUT2D eigenvalue weighted by molar-refractivity contribution is -0.295. The summed E-state index contributed by atoms with van der Waals surface area (Å²) < 4.78 is 33.3. The Morgan fingerprint density at radius 3 is 2.42 bits per heavy atom. The van der Waals surface area contributed by atoms with E-state index in [4.69, 9.17) is 23.7 Å². The first kappa shape index (κ1) is 46.5. The minimum atomic E-state index is -1.21. The number of carbonyl (C=O) groups is 3. The molecule has 59 heavy (non-hydrogen) atoms. The third kappa shape index (κ3) is 10.5. The van der Waals surface area contributed by atoms with Crippen LogP contribution >= 0.6 is 0 Å². The second-order valence-electron chi connectivity index (χ2n) is 17.7. The molecule has 0 aliphatic carbocycles. The lowest BCUT2D eigenvalue weighted by Gasteiger charge is -2.46. The molecule has 2 unspecified atom stereocenters. The number of aromatic nitrogens is 4. The van der Waals surface area contributed by atoms with Gasteiger partial charge < -0.3 is 39.0 Å². The zero-order valence-electron chi connectivity index (χ0n) is 37.0. The van der Waals surface area contributed by atoms with Gasteiger partial charge in [-0.15, -0.1) is 5.10 Å². The van der Waals surface area contributed by atoms with E-state index in [9.17, 15) is 19.5 Å². The summed E-state index contributed by atoms with van der Waals surface area (Å²) >= 11 is 0. The van der Waals surface area contributed by atoms with Gasteiger partial charge in [0.1, 0.15) is 23.8 Å². The SMILES string of the molecule is CC[C@H]1OC(=O)[C@H](C)C(=O)[C@@H](C)[C@@H](O[C@@H]2O[C@H](C)CC(N(C)C)C2O)[C@](C)(OC)C[C@@H](C)CN[C@H](C)[C@H]2N(CCCCCn3cc(-c4ccccn4)nn3)C(=O)O[C@]12C. The Morgan fingerprint density at radius 2 is 1.76 bits per heavy atom. The standard InChI is InChI=1S/C43H69N7O9/c1-12-34-43(8)37(50(41(54)59-43)21-17-13-16-20-49-25-32(46-47-49)31-18-14-15-19-44-31)30(6)45-24-26(2)23-42(7,55-11)38(28(4)35(51)29(5)39(53)57-34)58-40-36(52)33(48(9)10)22-27(3)56-40/h14-15,18-19,25-30,33-34,36-38,40,45,52H,12-13,16-17,20-24H2,1-11H3/t26-,27-,28-,29-,30-,33?,34-,36?,37-,38-,40+,42-,43-/m1/s1. The number of aliphatic hydroxyl groups is 1. The second-order valence-corrected chi connectivity index (χ2v) is 17.7. The van der Waals surface area contributed by atoms with Crippen molar-refractivity contribution in [2.75, 3.05) is 34.3 Å². The number of aliphatic hydroxyl groups excluding tert-OH is 1. The number of hydrogen-bond acceptors (Lipinski definition) is 14. The molecule has 3 aliphatic rings. The van der Waals surface area contributed by atoms with Crippen molar-refractivity contribution in [1.29, 1.82) is 0 Å². The predicted octanol–water partition coefficient (Wildman–Crippen LogP) is 4.49. The van der Waals surface area contributed by atoms with E-state index in [2.05, 4.69) is 27.5 Å². The first-order valence-electron chi connectivity index (χ1n) is 21.4. The van der Waals surface area contributed by atoms with Gasteiger partial charge in [0.15, 0.2) is 17.7 Å². The van der Waals surface area contributed by atoms with Crippen LogP contribution in [0.1, 0.15) is 93.9 Å². The van der Waals surface area contributed by atoms with Crippen LogP contribution in [0.5, 0.6) is 0 Å². The number of ether oxygens (including phenoxy) is 5. The summed E-state index contributed by atoms with van der Waals surface area (Å²) in [5, 5.41) is 23.7. The highest BCUT2D eigenvalue weighted by Crippen LogP contribution is 2.40. The predicted molar refractivity (Wildman–Crippen MR) is 220 cm³/mol. The number of rotatable bonds is 12. The van der Waals surface area contributed by atoms with Gasteiger partial charge in [0.2, 0.25) is 0 Å². The number of aryl methyl sites for hydroxylation is 1. The zero-order valence-corrected chi connectivity index (χ0v) is 37.0. The topological polar surface area (TPSA) is 180 Å². The lowest BCUT2D eigenvalue weighted by Crippen LogP contribution is -2.61. The number of esters is 1. The molecule has 2 N–H and O–H groups in total. The Balaban J connectivity index is 1.35. The van der Waals surface area contributed by atoms with Crippen molar-refractivity contribution in [2.24, 2.45) is 17.8 Å². The number of carbonyl (C=O) groups excluding carboxylic acids is 3. The molecule has 16 heteroatoms. The van der Waals surface area contributed by atoms with Gasteiger partial charge in [-0.2, -0.15) is 0 Å². The monoisotopic (exact) mass is 828 g/mol. The van der Waals surface area contributed by atoms with Crippen LogP contribution in [0.3, 0.4) is 0 Å². The summed E-state index contributed by atoms with van der Waals surface area (Å²) in [5.41, 5.74) is -0.770. The first-order chi connectivity index (χ1) is 27.9. The average molecular weight is 828 g/mol. The molecule has 5 heterocycles. The number of amides is 1. The number of likely N-dealkylation sites (N-methyl/N-ethyl adjacent to an activating group) is 1. The molecule has 13 atom stereocenters. The van der Waals surface area contributed by atoms with Crippen molar-refractivity contribution in [3.8, 4) is 11.4 Å². The van der Waals surface area contributed by atoms with Crippen molar-refractivity contribution < 1.29 is 43.2 Å². The number of fused-ring (bicyclic) bond motifs is 1. The Labute approximate surface area is 350 Å². The van der Waals surface area contributed by atoms with Crippen LogP contribution in [0, 0.1) is 17.8 Å². The zero-order chi connectivity index (χ0) is 43.2. The number of nitrogens with zero attached hydrogens (tertiary/aromatic N) is 6. The van der Waals surface area contributed by atoms with Gasteiger partial charge in [-0.1, -0.05) is 32.1 Å². The van der Waals surface area contributed by atoms with E-state index in [0.717, 1.165) is 18.5 Å². The third-order valence-corrected chi connectivity index (χ3v) is 12.8. The molecule has 0 spiro atoms. The fourth-order valence-corrected chi connectivity index (χ4v) is 9.43. The maximum atomic E-state index is 14.4. The van der Waals surface area contributed by atoms with Crippen LogP contribution in [-0.4, -0.2) is 147 Å². The maximum Gasteiger partial charge on any atom is 0.410 e. The Hall–Kier alpha value is -3.54. The molecule has 0 bridgehead atoms. The van der Waals surface area contributed by atoms with Crippen LogP contribution < -0.4 is 5.32 Å². The molecule has 3 saturated heterocycles. The van der Waals surface area contributed by atoms with Crippen molar-refractivity contribution >= 4 is 17.8 Å². The van der Waals surface area contributed by atoms with Crippen molar-refractivity contribution in [3.63, 3.8) is 0 Å². The second kappa shape index (κ2) is 19.9. The Morgan fingerprint density at radius 1 is 1.03 bits per heavy atom. The van der Waals surface area contributed by atoms with E-state index in [1.807, 2.05) is 82.7 Å². The van der Waals surface area contributed by atoms with Crippen LogP contribution in [0.15, 0.2) is 30.6 Å². The van der Waals surface area contributed by atoms with Crippen LogP contribution in [0.2, 0.25) is 0 Å². The van der Waals surface area contributed by atoms with E-state index in [-0.39, 0.29) is 29.9 Å². The molecule has 0 saturated carbocycles. The summed E-state index contributed by atoms with van der Waals surface area (Å²) in [6, 6.07) is 4.67. The van der Waals surface area contributed by atoms with Gasteiger partial charge in [-0.05, 0) is 112 Å². The molecule has 3 aliphatic heterocycles. The molecule has 5 rings (SSSR count). The maximum absolute atomic E-state index is 14.4. The minimum Gasteiger partial charge on any atom is -0.458 e. The molecular formula is C43H69N7O9. The molecule has 3 fully saturated rings. The highest BCUT2D eigenvalue weighted by atomic mass is 16.7. The third-order valence-electron chi connectivity index (χ3n) is 12.8. The molecule has 16 nitrogen and oxygen atoms in total. The number of unbranched alkanes of at least 4 members (excludes halogenated alkanes) is 2. The summed E-state index contributed by atoms with van der Waals surface area (Å²) in [4.78, 5) is 50.2. The van der Waals surface area contributed by atoms with Gasteiger partial charge >= 0.3 is 12.1 Å². The van der Waals surface area contributed by atoms with E-state index in [0.29, 0.717) is 51.0 Å². The molecular weight excluding hydrogens is 759 g/mol. The van der Waals surface area contributed by atoms with E-state index >= 15 is 0 Å². The summed E-state index contributed by atoms with van der Waals surface area (Å²) in [6.45, 7) is 16.6.